The number of aromatic nitrogens is 4. The number of pyridine rings is 4. The molecule has 3 aromatic carbocycles. The zero-order chi connectivity index (χ0) is 32.3. The minimum atomic E-state index is -5.44. The van der Waals surface area contributed by atoms with Crippen molar-refractivity contribution in [3.63, 3.8) is 0 Å². The van der Waals surface area contributed by atoms with Crippen LogP contribution in [0.1, 0.15) is 0 Å². The van der Waals surface area contributed by atoms with Gasteiger partial charge in [0.2, 0.25) is 0 Å². The topological polar surface area (TPSA) is 166 Å². The Kier molecular flexibility index (Phi) is 18.6. The molecule has 0 bridgehead atoms. The second-order valence-electron chi connectivity index (χ2n) is 9.91. The van der Waals surface area contributed by atoms with Gasteiger partial charge in [0.05, 0.1) is 27.3 Å². The van der Waals surface area contributed by atoms with E-state index in [0.29, 0.717) is 5.39 Å². The standard InChI is InChI=1S/C24H16N2O6S2.C10H8N2.2ClH.2Na.Ru/c27-33(28,29)23-20(16-9-5-2-6-10-16)19-12-11-18-17(15-7-3-1-4-8-15)13-14-25-21(18)22(19)26-24(23)34(30,31)32;1-3-7-11-9(5-1)10-6-2-4-8-12-10;;;;;/h1-14H,(H,27,28,29)(H,30,31,32);1-8H;2*1H;;;/q;;;;2*+1;+2/p-4. The van der Waals surface area contributed by atoms with Gasteiger partial charge in [-0.1, -0.05) is 84.9 Å². The maximum absolute atomic E-state index is 12.2. The average Bonchev–Trinajstić information content (AvgIpc) is 3.08. The smallest absolute Gasteiger partial charge is 1.00 e. The van der Waals surface area contributed by atoms with E-state index in [1.54, 1.807) is 48.8 Å². The van der Waals surface area contributed by atoms with Crippen LogP contribution in [0.2, 0.25) is 0 Å². The van der Waals surface area contributed by atoms with Gasteiger partial charge in [0.1, 0.15) is 20.2 Å². The summed E-state index contributed by atoms with van der Waals surface area (Å²) < 4.78 is 73.0. The van der Waals surface area contributed by atoms with Crippen LogP contribution in [-0.2, 0) is 39.7 Å². The Labute approximate surface area is 364 Å². The van der Waals surface area contributed by atoms with Crippen LogP contribution in [-0.4, -0.2) is 45.9 Å². The van der Waals surface area contributed by atoms with Crippen molar-refractivity contribution in [1.29, 1.82) is 0 Å². The van der Waals surface area contributed by atoms with E-state index < -0.39 is 30.2 Å². The molecule has 0 amide bonds. The van der Waals surface area contributed by atoms with Crippen molar-refractivity contribution in [2.24, 2.45) is 0 Å². The summed E-state index contributed by atoms with van der Waals surface area (Å²) in [5, 5.41) is -0.550. The fourth-order valence-electron chi connectivity index (χ4n) is 5.09. The number of hydrogen-bond acceptors (Lipinski definition) is 10. The zero-order valence-electron chi connectivity index (χ0n) is 26.9. The van der Waals surface area contributed by atoms with E-state index in [1.807, 2.05) is 66.7 Å². The van der Waals surface area contributed by atoms with Gasteiger partial charge in [0, 0.05) is 34.9 Å². The summed E-state index contributed by atoms with van der Waals surface area (Å²) in [5.74, 6) is 0. The average molecular weight is 865 g/mol. The van der Waals surface area contributed by atoms with E-state index >= 15 is 0 Å². The summed E-state index contributed by atoms with van der Waals surface area (Å²) in [7, 11) is -10.8. The number of benzene rings is 3. The van der Waals surface area contributed by atoms with E-state index in [2.05, 4.69) is 19.9 Å². The summed E-state index contributed by atoms with van der Waals surface area (Å²) in [4.78, 5) is 15.5. The zero-order valence-corrected chi connectivity index (χ0v) is 35.7. The molecular formula is C34H22Cl2N4Na2O6RuS2. The quantitative estimate of drug-likeness (QED) is 0.0925. The van der Waals surface area contributed by atoms with E-state index in [1.165, 1.54) is 18.3 Å². The Morgan fingerprint density at radius 2 is 0.980 bits per heavy atom. The minimum absolute atomic E-state index is 0. The Bertz CT molecular complexity index is 2390. The molecule has 7 aromatic rings. The summed E-state index contributed by atoms with van der Waals surface area (Å²) in [5.41, 5.74) is 3.77. The maximum atomic E-state index is 12.2. The van der Waals surface area contributed by atoms with Crippen molar-refractivity contribution in [2.75, 3.05) is 0 Å². The largest absolute Gasteiger partial charge is 2.00 e. The first-order valence-electron chi connectivity index (χ1n) is 13.7. The molecule has 0 unspecified atom stereocenters. The minimum Gasteiger partial charge on any atom is -1.00 e. The van der Waals surface area contributed by atoms with Gasteiger partial charge < -0.3 is 33.9 Å². The molecule has 250 valence electrons. The van der Waals surface area contributed by atoms with Gasteiger partial charge in [-0.3, -0.25) is 15.0 Å². The van der Waals surface area contributed by atoms with Crippen LogP contribution in [0, 0.1) is 0 Å². The molecule has 0 fully saturated rings. The van der Waals surface area contributed by atoms with E-state index in [-0.39, 0.29) is 131 Å². The molecule has 0 aliphatic rings. The second kappa shape index (κ2) is 20.3. The predicted octanol–water partition coefficient (Wildman–Crippen LogP) is -5.92. The molecule has 0 saturated heterocycles. The summed E-state index contributed by atoms with van der Waals surface area (Å²) in [6, 6.07) is 33.9. The SMILES string of the molecule is O=S(=O)([O-])c1nc2c(ccc3c(-c4ccccc4)ccnc32)c(-c2ccccc2)c1S(=O)(=O)[O-].[Cl-].[Cl-].[Na+].[Na+].[Ru+2].c1ccc(-c2ccccn2)nc1. The van der Waals surface area contributed by atoms with Gasteiger partial charge in [-0.2, -0.15) is 0 Å². The van der Waals surface area contributed by atoms with E-state index in [0.717, 1.165) is 22.5 Å². The maximum Gasteiger partial charge on any atom is 2.00 e. The van der Waals surface area contributed by atoms with Crippen molar-refractivity contribution in [3.8, 4) is 33.6 Å². The Balaban J connectivity index is 0.000000655. The first kappa shape index (κ1) is 46.8. The van der Waals surface area contributed by atoms with Gasteiger partial charge in [-0.25, -0.2) is 21.8 Å². The normalized spacial score (nSPS) is 10.5. The van der Waals surface area contributed by atoms with Crippen molar-refractivity contribution in [2.45, 2.75) is 9.92 Å². The molecule has 0 spiro atoms. The van der Waals surface area contributed by atoms with Crippen molar-refractivity contribution in [3.05, 3.63) is 134 Å². The Hall–Kier alpha value is -2.20. The summed E-state index contributed by atoms with van der Waals surface area (Å²) >= 11 is 0. The molecule has 7 rings (SSSR count). The summed E-state index contributed by atoms with van der Waals surface area (Å²) in [6.07, 6.45) is 5.05. The number of rotatable bonds is 5. The van der Waals surface area contributed by atoms with Gasteiger partial charge in [0.25, 0.3) is 0 Å². The van der Waals surface area contributed by atoms with E-state index in [4.69, 9.17) is 0 Å². The third-order valence-electron chi connectivity index (χ3n) is 7.02. The fourth-order valence-corrected chi connectivity index (χ4v) is 6.97. The Morgan fingerprint density at radius 1 is 0.490 bits per heavy atom. The Morgan fingerprint density at radius 3 is 1.45 bits per heavy atom. The first-order valence-corrected chi connectivity index (χ1v) is 16.5. The molecule has 0 radical (unpaired) electrons. The van der Waals surface area contributed by atoms with Crippen LogP contribution < -0.4 is 83.9 Å². The molecular weight excluding hydrogens is 842 g/mol. The number of nitrogens with zero attached hydrogens (tertiary/aromatic N) is 4. The van der Waals surface area contributed by atoms with Gasteiger partial charge in [0.15, 0.2) is 5.03 Å². The first-order chi connectivity index (χ1) is 22.1. The number of halogens is 2. The molecule has 51 heavy (non-hydrogen) atoms. The van der Waals surface area contributed by atoms with Crippen LogP contribution in [0.3, 0.4) is 0 Å². The van der Waals surface area contributed by atoms with E-state index in [9.17, 15) is 25.9 Å². The molecule has 0 atom stereocenters. The monoisotopic (exact) mass is 864 g/mol. The van der Waals surface area contributed by atoms with Crippen LogP contribution in [0.4, 0.5) is 0 Å². The fraction of sp³-hybridized carbons (Fsp3) is 0. The van der Waals surface area contributed by atoms with Crippen LogP contribution in [0.25, 0.3) is 55.4 Å². The third kappa shape index (κ3) is 10.7. The van der Waals surface area contributed by atoms with Gasteiger partial charge >= 0.3 is 78.6 Å². The van der Waals surface area contributed by atoms with Crippen molar-refractivity contribution < 1.29 is 129 Å². The second-order valence-corrected chi connectivity index (χ2v) is 12.5. The van der Waals surface area contributed by atoms with Crippen molar-refractivity contribution in [1.82, 2.24) is 19.9 Å². The molecule has 0 saturated carbocycles. The van der Waals surface area contributed by atoms with Crippen LogP contribution in [0.15, 0.2) is 144 Å². The molecule has 0 aliphatic carbocycles. The van der Waals surface area contributed by atoms with Crippen LogP contribution in [0.5, 0.6) is 0 Å². The molecule has 4 heterocycles. The molecule has 0 aliphatic heterocycles. The predicted molar refractivity (Wildman–Crippen MR) is 171 cm³/mol. The molecule has 17 heteroatoms. The summed E-state index contributed by atoms with van der Waals surface area (Å²) in [6.45, 7) is 0. The van der Waals surface area contributed by atoms with Crippen LogP contribution >= 0.6 is 0 Å². The molecule has 0 N–H and O–H groups in total. The van der Waals surface area contributed by atoms with Gasteiger partial charge in [-0.15, -0.1) is 0 Å². The van der Waals surface area contributed by atoms with Crippen molar-refractivity contribution >= 4 is 42.0 Å². The number of hydrogen-bond donors (Lipinski definition) is 0. The number of fused-ring (bicyclic) bond motifs is 3. The van der Waals surface area contributed by atoms with Gasteiger partial charge in [-0.05, 0) is 47.0 Å². The molecule has 10 nitrogen and oxygen atoms in total. The molecule has 4 aromatic heterocycles. The third-order valence-corrected chi connectivity index (χ3v) is 8.81.